The van der Waals surface area contributed by atoms with Gasteiger partial charge in [0.15, 0.2) is 0 Å². The molecule has 3 aromatic rings. The lowest BCUT2D eigenvalue weighted by atomic mass is 10.2. The number of pyridine rings is 1. The number of carbonyl (C=O) groups excluding carboxylic acids is 1. The van der Waals surface area contributed by atoms with Crippen LogP contribution in [0.5, 0.6) is 0 Å². The van der Waals surface area contributed by atoms with Gasteiger partial charge in [-0.05, 0) is 18.2 Å². The minimum atomic E-state index is -0.413. The van der Waals surface area contributed by atoms with Gasteiger partial charge >= 0.3 is 0 Å². The molecule has 0 atom stereocenters. The van der Waals surface area contributed by atoms with Crippen LogP contribution in [0.3, 0.4) is 0 Å². The van der Waals surface area contributed by atoms with Crippen molar-refractivity contribution in [3.05, 3.63) is 75.1 Å². The second-order valence-electron chi connectivity index (χ2n) is 7.35. The minimum absolute atomic E-state index is 0.0399. The van der Waals surface area contributed by atoms with Crippen LogP contribution in [0.15, 0.2) is 64.3 Å². The number of thioether (sulfide) groups is 1. The molecule has 1 saturated heterocycles. The molecule has 2 aromatic carbocycles. The van der Waals surface area contributed by atoms with Crippen LogP contribution in [0.1, 0.15) is 0 Å². The predicted octanol–water partition coefficient (Wildman–Crippen LogP) is 2.89. The second-order valence-corrected chi connectivity index (χ2v) is 8.37. The van der Waals surface area contributed by atoms with E-state index in [9.17, 15) is 19.7 Å². The summed E-state index contributed by atoms with van der Waals surface area (Å²) in [7, 11) is 1.74. The molecule has 1 amide bonds. The molecule has 1 aliphatic heterocycles. The molecule has 0 bridgehead atoms. The number of rotatable bonds is 5. The predicted molar refractivity (Wildman–Crippen MR) is 122 cm³/mol. The number of carbonyl (C=O) groups is 1. The van der Waals surface area contributed by atoms with Crippen LogP contribution < -0.4 is 10.5 Å². The smallest absolute Gasteiger partial charge is 0.269 e. The Labute approximate surface area is 183 Å². The number of nitrogens with zero attached hydrogens (tertiary/aromatic N) is 4. The van der Waals surface area contributed by atoms with Crippen LogP contribution in [-0.2, 0) is 11.8 Å². The molecule has 1 aliphatic rings. The first-order chi connectivity index (χ1) is 14.9. The molecule has 0 unspecified atom stereocenters. The van der Waals surface area contributed by atoms with Crippen LogP contribution in [0.25, 0.3) is 10.9 Å². The molecule has 0 aliphatic carbocycles. The van der Waals surface area contributed by atoms with Gasteiger partial charge in [-0.25, -0.2) is 0 Å². The number of benzene rings is 2. The van der Waals surface area contributed by atoms with Gasteiger partial charge in [0, 0.05) is 67.4 Å². The number of piperazine rings is 1. The van der Waals surface area contributed by atoms with E-state index in [4.69, 9.17) is 0 Å². The molecule has 2 heterocycles. The van der Waals surface area contributed by atoms with E-state index >= 15 is 0 Å². The van der Waals surface area contributed by atoms with Crippen molar-refractivity contribution in [3.8, 4) is 0 Å². The fourth-order valence-electron chi connectivity index (χ4n) is 3.73. The van der Waals surface area contributed by atoms with E-state index in [1.165, 1.54) is 23.9 Å². The maximum Gasteiger partial charge on any atom is 0.269 e. The summed E-state index contributed by atoms with van der Waals surface area (Å²) in [5.41, 5.74) is 1.74. The van der Waals surface area contributed by atoms with Crippen molar-refractivity contribution in [2.75, 3.05) is 36.8 Å². The zero-order chi connectivity index (χ0) is 22.0. The fraction of sp³-hybridized carbons (Fsp3) is 0.273. The van der Waals surface area contributed by atoms with Crippen molar-refractivity contribution in [2.24, 2.45) is 7.05 Å². The van der Waals surface area contributed by atoms with E-state index in [1.807, 2.05) is 29.2 Å². The topological polar surface area (TPSA) is 88.7 Å². The highest BCUT2D eigenvalue weighted by Gasteiger charge is 2.22. The van der Waals surface area contributed by atoms with Crippen molar-refractivity contribution < 1.29 is 9.72 Å². The van der Waals surface area contributed by atoms with E-state index in [-0.39, 0.29) is 22.9 Å². The molecule has 4 rings (SSSR count). The normalized spacial score (nSPS) is 14.1. The van der Waals surface area contributed by atoms with Gasteiger partial charge < -0.3 is 14.4 Å². The van der Waals surface area contributed by atoms with Crippen molar-refractivity contribution >= 4 is 39.9 Å². The molecule has 9 heteroatoms. The zero-order valence-electron chi connectivity index (χ0n) is 17.1. The van der Waals surface area contributed by atoms with E-state index in [1.54, 1.807) is 29.8 Å². The molecule has 1 fully saturated rings. The molecule has 31 heavy (non-hydrogen) atoms. The molecule has 8 nitrogen and oxygen atoms in total. The van der Waals surface area contributed by atoms with E-state index in [0.717, 1.165) is 21.5 Å². The Morgan fingerprint density at radius 2 is 1.74 bits per heavy atom. The third kappa shape index (κ3) is 4.41. The van der Waals surface area contributed by atoms with Crippen LogP contribution in [0.2, 0.25) is 0 Å². The largest absolute Gasteiger partial charge is 0.368 e. The minimum Gasteiger partial charge on any atom is -0.368 e. The maximum atomic E-state index is 12.8. The van der Waals surface area contributed by atoms with Crippen molar-refractivity contribution in [3.63, 3.8) is 0 Å². The first-order valence-corrected chi connectivity index (χ1v) is 10.9. The number of aromatic nitrogens is 1. The zero-order valence-corrected chi connectivity index (χ0v) is 17.9. The first-order valence-electron chi connectivity index (χ1n) is 9.93. The average Bonchev–Trinajstić information content (AvgIpc) is 2.80. The number of aryl methyl sites for hydroxylation is 1. The van der Waals surface area contributed by atoms with Crippen molar-refractivity contribution in [2.45, 2.75) is 4.90 Å². The first kappa shape index (κ1) is 20.9. The Hall–Kier alpha value is -3.33. The Morgan fingerprint density at radius 1 is 1.06 bits per heavy atom. The summed E-state index contributed by atoms with van der Waals surface area (Å²) in [5, 5.41) is 11.8. The van der Waals surface area contributed by atoms with Gasteiger partial charge in [0.05, 0.1) is 16.2 Å². The standard InChI is InChI=1S/C22H22N4O4S/c1-23-19-5-3-2-4-18(19)20(14-21(23)27)31-15-22(28)25-12-10-24(11-13-25)16-6-8-17(9-7-16)26(29)30/h2-9,14H,10-13,15H2,1H3. The summed E-state index contributed by atoms with van der Waals surface area (Å²) in [4.78, 5) is 40.2. The van der Waals surface area contributed by atoms with Crippen LogP contribution in [0, 0.1) is 10.1 Å². The Morgan fingerprint density at radius 3 is 2.42 bits per heavy atom. The summed E-state index contributed by atoms with van der Waals surface area (Å²) in [5.74, 6) is 0.312. The number of hydrogen-bond acceptors (Lipinski definition) is 6. The SMILES string of the molecule is Cn1c(=O)cc(SCC(=O)N2CCN(c3ccc([N+](=O)[O-])cc3)CC2)c2ccccc21. The Bertz CT molecular complexity index is 1180. The number of anilines is 1. The highest BCUT2D eigenvalue weighted by molar-refractivity contribution is 8.00. The average molecular weight is 439 g/mol. The Kier molecular flexibility index (Phi) is 5.94. The lowest BCUT2D eigenvalue weighted by molar-refractivity contribution is -0.384. The van der Waals surface area contributed by atoms with Crippen LogP contribution in [0.4, 0.5) is 11.4 Å². The van der Waals surface area contributed by atoms with Gasteiger partial charge in [-0.3, -0.25) is 19.7 Å². The molecule has 0 radical (unpaired) electrons. The molecule has 0 spiro atoms. The van der Waals surface area contributed by atoms with Crippen molar-refractivity contribution in [1.29, 1.82) is 0 Å². The van der Waals surface area contributed by atoms with E-state index in [0.29, 0.717) is 26.2 Å². The van der Waals surface area contributed by atoms with Gasteiger partial charge in [-0.15, -0.1) is 11.8 Å². The summed E-state index contributed by atoms with van der Waals surface area (Å²) >= 11 is 1.39. The fourth-order valence-corrected chi connectivity index (χ4v) is 4.70. The number of hydrogen-bond donors (Lipinski definition) is 0. The highest BCUT2D eigenvalue weighted by atomic mass is 32.2. The summed E-state index contributed by atoms with van der Waals surface area (Å²) < 4.78 is 1.61. The number of nitro groups is 1. The molecular formula is C22H22N4O4S. The van der Waals surface area contributed by atoms with Crippen molar-refractivity contribution in [1.82, 2.24) is 9.47 Å². The summed E-state index contributed by atoms with van der Waals surface area (Å²) in [6.45, 7) is 2.52. The summed E-state index contributed by atoms with van der Waals surface area (Å²) in [6.07, 6.45) is 0. The quantitative estimate of drug-likeness (QED) is 0.346. The van der Waals surface area contributed by atoms with Gasteiger partial charge in [0.25, 0.3) is 11.2 Å². The summed E-state index contributed by atoms with van der Waals surface area (Å²) in [6, 6.07) is 15.8. The molecule has 160 valence electrons. The number of nitro benzene ring substituents is 1. The maximum absolute atomic E-state index is 12.8. The molecule has 0 saturated carbocycles. The van der Waals surface area contributed by atoms with Gasteiger partial charge in [0.1, 0.15) is 0 Å². The second kappa shape index (κ2) is 8.81. The van der Waals surface area contributed by atoms with Gasteiger partial charge in [0.2, 0.25) is 5.91 Å². The third-order valence-electron chi connectivity index (χ3n) is 5.53. The highest BCUT2D eigenvalue weighted by Crippen LogP contribution is 2.27. The number of amides is 1. The van der Waals surface area contributed by atoms with E-state index in [2.05, 4.69) is 4.90 Å². The van der Waals surface area contributed by atoms with Gasteiger partial charge in [-0.1, -0.05) is 18.2 Å². The van der Waals surface area contributed by atoms with Crippen LogP contribution in [-0.4, -0.2) is 52.2 Å². The van der Waals surface area contributed by atoms with Gasteiger partial charge in [-0.2, -0.15) is 0 Å². The number of para-hydroxylation sites is 1. The molecule has 1 aromatic heterocycles. The van der Waals surface area contributed by atoms with E-state index < -0.39 is 4.92 Å². The molecular weight excluding hydrogens is 416 g/mol. The number of non-ortho nitro benzene ring substituents is 1. The Balaban J connectivity index is 1.37. The lowest BCUT2D eigenvalue weighted by Gasteiger charge is -2.36. The lowest BCUT2D eigenvalue weighted by Crippen LogP contribution is -2.49. The molecule has 0 N–H and O–H groups in total. The monoisotopic (exact) mass is 438 g/mol. The number of fused-ring (bicyclic) bond motifs is 1. The third-order valence-corrected chi connectivity index (χ3v) is 6.57. The van der Waals surface area contributed by atoms with Crippen LogP contribution >= 0.6 is 11.8 Å².